The van der Waals surface area contributed by atoms with E-state index in [9.17, 15) is 4.79 Å². The molecule has 0 unspecified atom stereocenters. The monoisotopic (exact) mass is 299 g/mol. The van der Waals surface area contributed by atoms with Crippen molar-refractivity contribution in [3.8, 4) is 5.75 Å². The van der Waals surface area contributed by atoms with Gasteiger partial charge in [0.2, 0.25) is 5.78 Å². The number of fused-ring (bicyclic) bond motifs is 1. The van der Waals surface area contributed by atoms with Crippen LogP contribution in [0.25, 0.3) is 10.9 Å². The zero-order chi connectivity index (χ0) is 14.8. The molecule has 0 fully saturated rings. The van der Waals surface area contributed by atoms with E-state index < -0.39 is 0 Å². The van der Waals surface area contributed by atoms with Crippen LogP contribution < -0.4 is 4.74 Å². The molecule has 0 saturated carbocycles. The SMILES string of the molecule is CCCOc1ccc2[nH]cc(C(=O)c3sccc3C)c2c1. The fraction of sp³-hybridized carbons (Fsp3) is 0.235. The summed E-state index contributed by atoms with van der Waals surface area (Å²) < 4.78 is 5.66. The van der Waals surface area contributed by atoms with Gasteiger partial charge in [-0.05, 0) is 48.6 Å². The van der Waals surface area contributed by atoms with Crippen molar-refractivity contribution in [3.63, 3.8) is 0 Å². The second kappa shape index (κ2) is 5.74. The number of ether oxygens (including phenoxy) is 1. The molecule has 2 aromatic heterocycles. The molecule has 108 valence electrons. The van der Waals surface area contributed by atoms with Gasteiger partial charge < -0.3 is 9.72 Å². The number of benzene rings is 1. The van der Waals surface area contributed by atoms with Crippen LogP contribution in [0.5, 0.6) is 5.75 Å². The van der Waals surface area contributed by atoms with Gasteiger partial charge in [0.05, 0.1) is 11.5 Å². The number of aromatic amines is 1. The van der Waals surface area contributed by atoms with E-state index in [-0.39, 0.29) is 5.78 Å². The van der Waals surface area contributed by atoms with Crippen molar-refractivity contribution >= 4 is 28.0 Å². The van der Waals surface area contributed by atoms with Crippen molar-refractivity contribution in [2.24, 2.45) is 0 Å². The van der Waals surface area contributed by atoms with Gasteiger partial charge in [-0.15, -0.1) is 11.3 Å². The minimum Gasteiger partial charge on any atom is -0.494 e. The van der Waals surface area contributed by atoms with Crippen molar-refractivity contribution < 1.29 is 9.53 Å². The van der Waals surface area contributed by atoms with E-state index in [2.05, 4.69) is 11.9 Å². The van der Waals surface area contributed by atoms with Crippen molar-refractivity contribution in [2.75, 3.05) is 6.61 Å². The predicted molar refractivity (Wildman–Crippen MR) is 86.6 cm³/mol. The third-order valence-corrected chi connectivity index (χ3v) is 4.45. The summed E-state index contributed by atoms with van der Waals surface area (Å²) in [6.07, 6.45) is 2.75. The van der Waals surface area contributed by atoms with Gasteiger partial charge in [-0.3, -0.25) is 4.79 Å². The van der Waals surface area contributed by atoms with E-state index >= 15 is 0 Å². The van der Waals surface area contributed by atoms with Crippen LogP contribution in [0.1, 0.15) is 34.1 Å². The van der Waals surface area contributed by atoms with Crippen LogP contribution in [-0.4, -0.2) is 17.4 Å². The lowest BCUT2D eigenvalue weighted by Crippen LogP contribution is -1.99. The van der Waals surface area contributed by atoms with Gasteiger partial charge in [0, 0.05) is 22.7 Å². The molecule has 0 bridgehead atoms. The number of aryl methyl sites for hydroxylation is 1. The number of carbonyl (C=O) groups excluding carboxylic acids is 1. The molecule has 0 aliphatic carbocycles. The Balaban J connectivity index is 2.02. The maximum Gasteiger partial charge on any atom is 0.205 e. The number of rotatable bonds is 5. The summed E-state index contributed by atoms with van der Waals surface area (Å²) in [5.74, 6) is 0.877. The average molecular weight is 299 g/mol. The van der Waals surface area contributed by atoms with Gasteiger partial charge in [-0.25, -0.2) is 0 Å². The molecule has 4 heteroatoms. The Labute approximate surface area is 127 Å². The topological polar surface area (TPSA) is 42.1 Å². The van der Waals surface area contributed by atoms with E-state index in [1.54, 1.807) is 6.20 Å². The summed E-state index contributed by atoms with van der Waals surface area (Å²) >= 11 is 1.49. The molecular weight excluding hydrogens is 282 g/mol. The van der Waals surface area contributed by atoms with Gasteiger partial charge in [0.15, 0.2) is 0 Å². The molecule has 3 nitrogen and oxygen atoms in total. The van der Waals surface area contributed by atoms with Crippen LogP contribution in [0, 0.1) is 6.92 Å². The van der Waals surface area contributed by atoms with Gasteiger partial charge in [-0.1, -0.05) is 6.92 Å². The van der Waals surface area contributed by atoms with Gasteiger partial charge in [0.1, 0.15) is 5.75 Å². The lowest BCUT2D eigenvalue weighted by molar-refractivity contribution is 0.104. The van der Waals surface area contributed by atoms with Gasteiger partial charge in [-0.2, -0.15) is 0 Å². The molecule has 0 aliphatic heterocycles. The highest BCUT2D eigenvalue weighted by atomic mass is 32.1. The Kier molecular flexibility index (Phi) is 3.80. The number of ketones is 1. The minimum absolute atomic E-state index is 0.0707. The van der Waals surface area contributed by atoms with Crippen molar-refractivity contribution in [2.45, 2.75) is 20.3 Å². The van der Waals surface area contributed by atoms with E-state index in [4.69, 9.17) is 4.74 Å². The zero-order valence-electron chi connectivity index (χ0n) is 12.1. The summed E-state index contributed by atoms with van der Waals surface area (Å²) in [5, 5.41) is 2.87. The largest absolute Gasteiger partial charge is 0.494 e. The molecule has 21 heavy (non-hydrogen) atoms. The summed E-state index contributed by atoms with van der Waals surface area (Å²) in [6, 6.07) is 7.80. The Morgan fingerprint density at radius 3 is 2.90 bits per heavy atom. The van der Waals surface area contributed by atoms with E-state index in [0.717, 1.165) is 33.5 Å². The predicted octanol–water partition coefficient (Wildman–Crippen LogP) is 4.56. The zero-order valence-corrected chi connectivity index (χ0v) is 12.9. The van der Waals surface area contributed by atoms with Crippen LogP contribution in [0.15, 0.2) is 35.8 Å². The molecule has 0 atom stereocenters. The van der Waals surface area contributed by atoms with Crippen LogP contribution in [0.3, 0.4) is 0 Å². The average Bonchev–Trinajstić information content (AvgIpc) is 3.10. The van der Waals surface area contributed by atoms with Crippen molar-refractivity contribution in [1.29, 1.82) is 0 Å². The standard InChI is InChI=1S/C17H17NO2S/c1-3-7-20-12-4-5-15-13(9-12)14(10-18-15)16(19)17-11(2)6-8-21-17/h4-6,8-10,18H,3,7H2,1-2H3. The van der Waals surface area contributed by atoms with Gasteiger partial charge in [0.25, 0.3) is 0 Å². The Hall–Kier alpha value is -2.07. The highest BCUT2D eigenvalue weighted by molar-refractivity contribution is 7.12. The molecule has 0 saturated heterocycles. The Bertz CT molecular complexity index is 785. The second-order valence-electron chi connectivity index (χ2n) is 5.02. The molecule has 0 spiro atoms. The summed E-state index contributed by atoms with van der Waals surface area (Å²) in [5.41, 5.74) is 2.69. The quantitative estimate of drug-likeness (QED) is 0.702. The maximum absolute atomic E-state index is 12.7. The summed E-state index contributed by atoms with van der Waals surface area (Å²) in [6.45, 7) is 4.72. The van der Waals surface area contributed by atoms with Crippen LogP contribution in [0.4, 0.5) is 0 Å². The molecule has 1 aromatic carbocycles. The first-order valence-corrected chi connectivity index (χ1v) is 7.91. The molecule has 1 N–H and O–H groups in total. The van der Waals surface area contributed by atoms with Crippen LogP contribution >= 0.6 is 11.3 Å². The van der Waals surface area contributed by atoms with E-state index in [1.807, 2.05) is 36.6 Å². The minimum atomic E-state index is 0.0707. The molecule has 2 heterocycles. The lowest BCUT2D eigenvalue weighted by atomic mass is 10.1. The number of nitrogens with one attached hydrogen (secondary N) is 1. The van der Waals surface area contributed by atoms with Crippen LogP contribution in [-0.2, 0) is 0 Å². The fourth-order valence-corrected chi connectivity index (χ4v) is 3.20. The smallest absolute Gasteiger partial charge is 0.205 e. The first-order valence-electron chi connectivity index (χ1n) is 7.03. The highest BCUT2D eigenvalue weighted by Gasteiger charge is 2.17. The normalized spacial score (nSPS) is 11.0. The third kappa shape index (κ3) is 2.59. The maximum atomic E-state index is 12.7. The van der Waals surface area contributed by atoms with Gasteiger partial charge >= 0.3 is 0 Å². The third-order valence-electron chi connectivity index (χ3n) is 3.44. The Morgan fingerprint density at radius 2 is 2.19 bits per heavy atom. The number of hydrogen-bond donors (Lipinski definition) is 1. The molecule has 0 radical (unpaired) electrons. The fourth-order valence-electron chi connectivity index (χ4n) is 2.32. The lowest BCUT2D eigenvalue weighted by Gasteiger charge is -2.05. The number of thiophene rings is 1. The summed E-state index contributed by atoms with van der Waals surface area (Å²) in [4.78, 5) is 16.6. The number of aromatic nitrogens is 1. The second-order valence-corrected chi connectivity index (χ2v) is 5.94. The molecular formula is C17H17NO2S. The van der Waals surface area contributed by atoms with Crippen molar-refractivity contribution in [3.05, 3.63) is 51.8 Å². The number of carbonyl (C=O) groups is 1. The molecule has 3 rings (SSSR count). The molecule has 3 aromatic rings. The number of hydrogen-bond acceptors (Lipinski definition) is 3. The van der Waals surface area contributed by atoms with E-state index in [1.165, 1.54) is 11.3 Å². The summed E-state index contributed by atoms with van der Waals surface area (Å²) in [7, 11) is 0. The first kappa shape index (κ1) is 13.9. The van der Waals surface area contributed by atoms with Crippen molar-refractivity contribution in [1.82, 2.24) is 4.98 Å². The van der Waals surface area contributed by atoms with E-state index in [0.29, 0.717) is 12.2 Å². The molecule has 0 aliphatic rings. The molecule has 0 amide bonds. The van der Waals surface area contributed by atoms with Crippen LogP contribution in [0.2, 0.25) is 0 Å². The first-order chi connectivity index (χ1) is 10.2. The number of H-pyrrole nitrogens is 1. The highest BCUT2D eigenvalue weighted by Crippen LogP contribution is 2.28. The Morgan fingerprint density at radius 1 is 1.33 bits per heavy atom.